The number of allylic oxidation sites excluding steroid dienone is 1. The Labute approximate surface area is 193 Å². The van der Waals surface area contributed by atoms with Gasteiger partial charge in [-0.15, -0.1) is 0 Å². The Balaban J connectivity index is 1.62. The van der Waals surface area contributed by atoms with E-state index in [1.54, 1.807) is 6.08 Å². The van der Waals surface area contributed by atoms with Crippen molar-refractivity contribution in [1.82, 2.24) is 19.3 Å². The van der Waals surface area contributed by atoms with Crippen LogP contribution in [0.3, 0.4) is 0 Å². The highest BCUT2D eigenvalue weighted by Gasteiger charge is 2.27. The van der Waals surface area contributed by atoms with Gasteiger partial charge in [-0.25, -0.2) is 17.7 Å². The van der Waals surface area contributed by atoms with Crippen molar-refractivity contribution in [2.75, 3.05) is 19.3 Å². The number of hydrogen-bond acceptors (Lipinski definition) is 7. The number of nitrogens with zero attached hydrogens (tertiary/aromatic N) is 4. The predicted molar refractivity (Wildman–Crippen MR) is 129 cm³/mol. The van der Waals surface area contributed by atoms with Crippen LogP contribution in [0.4, 0.5) is 0 Å². The van der Waals surface area contributed by atoms with Crippen molar-refractivity contribution in [3.05, 3.63) is 66.4 Å². The zero-order valence-electron chi connectivity index (χ0n) is 18.7. The fourth-order valence-corrected chi connectivity index (χ4v) is 4.70. The molecule has 3 heterocycles. The van der Waals surface area contributed by atoms with Gasteiger partial charge in [-0.3, -0.25) is 4.99 Å². The van der Waals surface area contributed by atoms with Crippen LogP contribution in [0.15, 0.2) is 59.9 Å². The molecule has 2 aromatic heterocycles. The highest BCUT2D eigenvalue weighted by molar-refractivity contribution is 7.88. The molecule has 3 N–H and O–H groups in total. The molecule has 1 fully saturated rings. The largest absolute Gasteiger partial charge is 0.474 e. The maximum atomic E-state index is 11.8. The third kappa shape index (κ3) is 5.40. The number of rotatable bonds is 7. The molecule has 0 saturated carbocycles. The molecule has 1 unspecified atom stereocenters. The molecule has 1 saturated heterocycles. The molecule has 0 spiro atoms. The van der Waals surface area contributed by atoms with Crippen molar-refractivity contribution >= 4 is 26.6 Å². The first-order valence-electron chi connectivity index (χ1n) is 10.8. The summed E-state index contributed by atoms with van der Waals surface area (Å²) in [5.74, 6) is 1.03. The Kier molecular flexibility index (Phi) is 6.75. The van der Waals surface area contributed by atoms with Crippen LogP contribution >= 0.6 is 0 Å². The minimum atomic E-state index is -3.19. The van der Waals surface area contributed by atoms with Gasteiger partial charge in [0.05, 0.1) is 28.6 Å². The number of nitrogens with one attached hydrogen (secondary N) is 1. The quantitative estimate of drug-likeness (QED) is 0.514. The maximum Gasteiger partial charge on any atom is 0.225 e. The average molecular weight is 469 g/mol. The first-order valence-corrected chi connectivity index (χ1v) is 12.7. The summed E-state index contributed by atoms with van der Waals surface area (Å²) in [6, 6.07) is 11.2. The molecule has 0 radical (unpaired) electrons. The topological polar surface area (TPSA) is 127 Å². The summed E-state index contributed by atoms with van der Waals surface area (Å²) in [4.78, 5) is 17.3. The third-order valence-corrected chi connectivity index (χ3v) is 6.87. The molecular formula is C23H28N6O3S. The summed E-state index contributed by atoms with van der Waals surface area (Å²) in [5, 5.41) is 0.814. The molecule has 4 rings (SSSR count). The number of sulfonamides is 1. The van der Waals surface area contributed by atoms with E-state index in [9.17, 15) is 8.42 Å². The van der Waals surface area contributed by atoms with Gasteiger partial charge in [-0.2, -0.15) is 4.98 Å². The number of para-hydroxylation sites is 1. The highest BCUT2D eigenvalue weighted by Crippen LogP contribution is 2.28. The van der Waals surface area contributed by atoms with E-state index in [1.807, 2.05) is 49.5 Å². The van der Waals surface area contributed by atoms with E-state index in [-0.39, 0.29) is 12.1 Å². The lowest BCUT2D eigenvalue weighted by Crippen LogP contribution is -2.41. The van der Waals surface area contributed by atoms with Gasteiger partial charge < -0.3 is 15.5 Å². The van der Waals surface area contributed by atoms with Crippen LogP contribution in [0.2, 0.25) is 0 Å². The number of benzene rings is 1. The number of aromatic nitrogens is 3. The Morgan fingerprint density at radius 3 is 2.67 bits per heavy atom. The first-order chi connectivity index (χ1) is 15.8. The summed E-state index contributed by atoms with van der Waals surface area (Å²) in [6.45, 7) is 2.79. The van der Waals surface area contributed by atoms with E-state index < -0.39 is 10.0 Å². The normalized spacial score (nSPS) is 17.6. The molecule has 0 bridgehead atoms. The molecule has 1 aromatic carbocycles. The van der Waals surface area contributed by atoms with Crippen LogP contribution in [0.25, 0.3) is 10.9 Å². The number of hydrogen-bond donors (Lipinski definition) is 2. The lowest BCUT2D eigenvalue weighted by Gasteiger charge is -2.30. The van der Waals surface area contributed by atoms with Crippen LogP contribution < -0.4 is 10.5 Å². The summed E-state index contributed by atoms with van der Waals surface area (Å²) in [5.41, 5.74) is 7.93. The number of aliphatic imine (C=N–C) groups is 1. The monoisotopic (exact) mass is 468 g/mol. The smallest absolute Gasteiger partial charge is 0.225 e. The number of fused-ring (bicyclic) bond motifs is 1. The molecule has 0 amide bonds. The van der Waals surface area contributed by atoms with Crippen molar-refractivity contribution in [3.8, 4) is 5.88 Å². The molecule has 9 nitrogen and oxygen atoms in total. The van der Waals surface area contributed by atoms with Crippen LogP contribution in [0.5, 0.6) is 5.88 Å². The lowest BCUT2D eigenvalue weighted by atomic mass is 10.1. The molecule has 174 valence electrons. The van der Waals surface area contributed by atoms with Crippen molar-refractivity contribution in [2.24, 2.45) is 10.7 Å². The molecule has 33 heavy (non-hydrogen) atoms. The molecule has 1 aliphatic rings. The Bertz CT molecular complexity index is 1260. The van der Waals surface area contributed by atoms with Crippen LogP contribution in [0, 0.1) is 0 Å². The SMILES string of the molecule is CC(N=C(C=CN)c1ccc[nH]1)c1nc(OC2CCN(S(C)(=O)=O)CC2)c2ccccc2n1. The van der Waals surface area contributed by atoms with E-state index >= 15 is 0 Å². The summed E-state index contributed by atoms with van der Waals surface area (Å²) >= 11 is 0. The third-order valence-electron chi connectivity index (χ3n) is 5.57. The predicted octanol–water partition coefficient (Wildman–Crippen LogP) is 2.78. The van der Waals surface area contributed by atoms with Crippen molar-refractivity contribution in [1.29, 1.82) is 0 Å². The number of ether oxygens (including phenoxy) is 1. The Morgan fingerprint density at radius 1 is 1.24 bits per heavy atom. The van der Waals surface area contributed by atoms with Crippen molar-refractivity contribution in [2.45, 2.75) is 31.9 Å². The number of piperidine rings is 1. The summed E-state index contributed by atoms with van der Waals surface area (Å²) in [7, 11) is -3.19. The van der Waals surface area contributed by atoms with Crippen LogP contribution in [-0.4, -0.2) is 58.8 Å². The van der Waals surface area contributed by atoms with E-state index in [0.717, 1.165) is 16.6 Å². The molecule has 1 atom stereocenters. The lowest BCUT2D eigenvalue weighted by molar-refractivity contribution is 0.131. The number of H-pyrrole nitrogens is 1. The van der Waals surface area contributed by atoms with Gasteiger partial charge in [0, 0.05) is 19.3 Å². The molecule has 0 aliphatic carbocycles. The fraction of sp³-hybridized carbons (Fsp3) is 0.348. The number of nitrogens with two attached hydrogens (primary N) is 1. The zero-order chi connectivity index (χ0) is 23.4. The Hall–Kier alpha value is -3.24. The van der Waals surface area contributed by atoms with Gasteiger partial charge in [0.15, 0.2) is 5.82 Å². The minimum absolute atomic E-state index is 0.123. The van der Waals surface area contributed by atoms with Gasteiger partial charge in [-0.1, -0.05) is 12.1 Å². The summed E-state index contributed by atoms with van der Waals surface area (Å²) < 4.78 is 31.4. The van der Waals surface area contributed by atoms with Crippen molar-refractivity contribution < 1.29 is 13.2 Å². The second-order valence-electron chi connectivity index (χ2n) is 8.02. The van der Waals surface area contributed by atoms with Gasteiger partial charge in [0.25, 0.3) is 0 Å². The highest BCUT2D eigenvalue weighted by atomic mass is 32.2. The number of aromatic amines is 1. The Morgan fingerprint density at radius 2 is 2.00 bits per heavy atom. The fourth-order valence-electron chi connectivity index (χ4n) is 3.83. The standard InChI is InChI=1S/C23H28N6O3S/c1-16(26-21(9-12-24)20-8-5-13-25-20)22-27-19-7-4-3-6-18(19)23(28-22)32-17-10-14-29(15-11-17)33(2,30)31/h3-9,12-13,16-17,25H,10-11,14-15,24H2,1-2H3. The molecular weight excluding hydrogens is 440 g/mol. The van der Waals surface area contributed by atoms with E-state index in [2.05, 4.69) is 4.98 Å². The zero-order valence-corrected chi connectivity index (χ0v) is 19.5. The molecule has 3 aromatic rings. The van der Waals surface area contributed by atoms with Crippen molar-refractivity contribution in [3.63, 3.8) is 0 Å². The average Bonchev–Trinajstić information content (AvgIpc) is 3.33. The maximum absolute atomic E-state index is 11.8. The minimum Gasteiger partial charge on any atom is -0.474 e. The van der Waals surface area contributed by atoms with E-state index in [0.29, 0.717) is 43.3 Å². The second kappa shape index (κ2) is 9.72. The molecule has 10 heteroatoms. The van der Waals surface area contributed by atoms with Gasteiger partial charge >= 0.3 is 0 Å². The summed E-state index contributed by atoms with van der Waals surface area (Å²) in [6.07, 6.45) is 7.33. The van der Waals surface area contributed by atoms with Gasteiger partial charge in [0.1, 0.15) is 12.1 Å². The van der Waals surface area contributed by atoms with Gasteiger partial charge in [-0.05, 0) is 56.3 Å². The van der Waals surface area contributed by atoms with Crippen LogP contribution in [-0.2, 0) is 10.0 Å². The van der Waals surface area contributed by atoms with E-state index in [4.69, 9.17) is 25.4 Å². The van der Waals surface area contributed by atoms with Gasteiger partial charge in [0.2, 0.25) is 15.9 Å². The van der Waals surface area contributed by atoms with E-state index in [1.165, 1.54) is 16.8 Å². The van der Waals surface area contributed by atoms with Crippen LogP contribution in [0.1, 0.15) is 37.3 Å². The first kappa shape index (κ1) is 22.9. The molecule has 1 aliphatic heterocycles. The second-order valence-corrected chi connectivity index (χ2v) is 10.00.